The molecule has 0 aliphatic rings. The Kier molecular flexibility index (Phi) is 5.33. The molecule has 0 aliphatic carbocycles. The number of carbonyl (C=O) groups is 1. The monoisotopic (exact) mass is 300 g/mol. The van der Waals surface area contributed by atoms with E-state index in [9.17, 15) is 14.9 Å². The Labute approximate surface area is 122 Å². The van der Waals surface area contributed by atoms with Gasteiger partial charge in [-0.1, -0.05) is 23.7 Å². The van der Waals surface area contributed by atoms with Gasteiger partial charge in [0, 0.05) is 9.95 Å². The van der Waals surface area contributed by atoms with E-state index in [1.807, 2.05) is 0 Å². The molecule has 1 rings (SSSR count). The number of hydrogen-bond donors (Lipinski definition) is 1. The highest BCUT2D eigenvalue weighted by molar-refractivity contribution is 6.30. The number of benzene rings is 1. The standard InChI is InChI=1S/C13H17ClN2O4/c1-13(2,3)20-12(17)15-11(8-16(18)19)9-4-6-10(14)7-5-9/h4-7,11H,8H2,1-3H3,(H,15,17)/t11-/m0/s1. The van der Waals surface area contributed by atoms with E-state index < -0.39 is 29.2 Å². The van der Waals surface area contributed by atoms with Gasteiger partial charge in [0.2, 0.25) is 6.54 Å². The lowest BCUT2D eigenvalue weighted by Crippen LogP contribution is -2.37. The van der Waals surface area contributed by atoms with Crippen LogP contribution >= 0.6 is 11.6 Å². The van der Waals surface area contributed by atoms with E-state index >= 15 is 0 Å². The number of ether oxygens (including phenoxy) is 1. The Bertz CT molecular complexity index is 482. The maximum atomic E-state index is 11.7. The van der Waals surface area contributed by atoms with Gasteiger partial charge < -0.3 is 10.1 Å². The smallest absolute Gasteiger partial charge is 0.408 e. The topological polar surface area (TPSA) is 81.5 Å². The Morgan fingerprint density at radius 3 is 2.40 bits per heavy atom. The zero-order valence-corrected chi connectivity index (χ0v) is 12.3. The summed E-state index contributed by atoms with van der Waals surface area (Å²) >= 11 is 5.77. The second-order valence-corrected chi connectivity index (χ2v) is 5.70. The number of amides is 1. The van der Waals surface area contributed by atoms with Gasteiger partial charge in [-0.25, -0.2) is 4.79 Å². The Morgan fingerprint density at radius 2 is 1.95 bits per heavy atom. The van der Waals surface area contributed by atoms with E-state index in [-0.39, 0.29) is 0 Å². The molecular formula is C13H17ClN2O4. The van der Waals surface area contributed by atoms with Gasteiger partial charge in [0.25, 0.3) is 0 Å². The number of alkyl carbamates (subject to hydrolysis) is 1. The van der Waals surface area contributed by atoms with Crippen molar-refractivity contribution < 1.29 is 14.5 Å². The van der Waals surface area contributed by atoms with Crippen molar-refractivity contribution in [3.8, 4) is 0 Å². The average Bonchev–Trinajstić information content (AvgIpc) is 2.25. The number of hydrogen-bond acceptors (Lipinski definition) is 4. The summed E-state index contributed by atoms with van der Waals surface area (Å²) in [7, 11) is 0. The summed E-state index contributed by atoms with van der Waals surface area (Å²) in [5.41, 5.74) is -0.0690. The summed E-state index contributed by atoms with van der Waals surface area (Å²) in [6, 6.07) is 5.72. The largest absolute Gasteiger partial charge is 0.444 e. The molecule has 0 heterocycles. The van der Waals surface area contributed by atoms with E-state index in [0.29, 0.717) is 10.6 Å². The van der Waals surface area contributed by atoms with Gasteiger partial charge in [-0.05, 0) is 38.5 Å². The summed E-state index contributed by atoms with van der Waals surface area (Å²) in [6.45, 7) is 4.73. The normalized spacial score (nSPS) is 12.6. The van der Waals surface area contributed by atoms with E-state index in [2.05, 4.69) is 5.32 Å². The fourth-order valence-corrected chi connectivity index (χ4v) is 1.65. The summed E-state index contributed by atoms with van der Waals surface area (Å²) in [5.74, 6) is 0. The van der Waals surface area contributed by atoms with Gasteiger partial charge in [0.1, 0.15) is 11.6 Å². The van der Waals surface area contributed by atoms with Crippen LogP contribution in [0.4, 0.5) is 4.79 Å². The van der Waals surface area contributed by atoms with Crippen molar-refractivity contribution >= 4 is 17.7 Å². The molecule has 0 radical (unpaired) electrons. The molecule has 0 bridgehead atoms. The van der Waals surface area contributed by atoms with Crippen LogP contribution in [0.1, 0.15) is 32.4 Å². The van der Waals surface area contributed by atoms with E-state index in [1.54, 1.807) is 45.0 Å². The summed E-state index contributed by atoms with van der Waals surface area (Å²) in [5, 5.41) is 13.7. The van der Waals surface area contributed by atoms with Gasteiger partial charge in [0.05, 0.1) is 0 Å². The van der Waals surface area contributed by atoms with E-state index in [4.69, 9.17) is 16.3 Å². The first-order chi connectivity index (χ1) is 9.17. The van der Waals surface area contributed by atoms with Gasteiger partial charge in [-0.15, -0.1) is 0 Å². The van der Waals surface area contributed by atoms with Crippen LogP contribution in [0.5, 0.6) is 0 Å². The minimum absolute atomic E-state index is 0.430. The van der Waals surface area contributed by atoms with Crippen molar-refractivity contribution in [3.05, 3.63) is 45.0 Å². The zero-order chi connectivity index (χ0) is 15.3. The third kappa shape index (κ3) is 5.88. The van der Waals surface area contributed by atoms with Gasteiger partial charge in [-0.2, -0.15) is 0 Å². The fourth-order valence-electron chi connectivity index (χ4n) is 1.53. The lowest BCUT2D eigenvalue weighted by Gasteiger charge is -2.22. The third-order valence-electron chi connectivity index (χ3n) is 2.29. The fraction of sp³-hybridized carbons (Fsp3) is 0.462. The number of nitrogens with one attached hydrogen (secondary N) is 1. The highest BCUT2D eigenvalue weighted by atomic mass is 35.5. The van der Waals surface area contributed by atoms with Crippen molar-refractivity contribution in [2.24, 2.45) is 0 Å². The maximum Gasteiger partial charge on any atom is 0.408 e. The van der Waals surface area contributed by atoms with E-state index in [1.165, 1.54) is 0 Å². The predicted molar refractivity (Wildman–Crippen MR) is 75.4 cm³/mol. The maximum absolute atomic E-state index is 11.7. The van der Waals surface area contributed by atoms with E-state index in [0.717, 1.165) is 0 Å². The van der Waals surface area contributed by atoms with Gasteiger partial charge in [-0.3, -0.25) is 10.1 Å². The first-order valence-electron chi connectivity index (χ1n) is 6.04. The average molecular weight is 301 g/mol. The second kappa shape index (κ2) is 6.56. The first-order valence-corrected chi connectivity index (χ1v) is 6.42. The third-order valence-corrected chi connectivity index (χ3v) is 2.55. The quantitative estimate of drug-likeness (QED) is 0.684. The van der Waals surface area contributed by atoms with Crippen LogP contribution < -0.4 is 5.32 Å². The number of rotatable bonds is 4. The molecule has 20 heavy (non-hydrogen) atoms. The van der Waals surface area contributed by atoms with Crippen LogP contribution in [0, 0.1) is 10.1 Å². The van der Waals surface area contributed by atoms with Crippen molar-refractivity contribution in [1.29, 1.82) is 0 Å². The van der Waals surface area contributed by atoms with Crippen LogP contribution in [-0.2, 0) is 4.74 Å². The lowest BCUT2D eigenvalue weighted by atomic mass is 10.1. The Balaban J connectivity index is 2.82. The van der Waals surface area contributed by atoms with Crippen molar-refractivity contribution in [1.82, 2.24) is 5.32 Å². The van der Waals surface area contributed by atoms with Gasteiger partial charge in [0.15, 0.2) is 0 Å². The van der Waals surface area contributed by atoms with Gasteiger partial charge >= 0.3 is 6.09 Å². The van der Waals surface area contributed by atoms with Crippen LogP contribution in [0.2, 0.25) is 5.02 Å². The van der Waals surface area contributed by atoms with Crippen LogP contribution in [0.15, 0.2) is 24.3 Å². The predicted octanol–water partition coefficient (Wildman–Crippen LogP) is 3.18. The second-order valence-electron chi connectivity index (χ2n) is 5.27. The molecule has 0 saturated carbocycles. The highest BCUT2D eigenvalue weighted by Crippen LogP contribution is 2.18. The first kappa shape index (κ1) is 16.2. The van der Waals surface area contributed by atoms with Crippen molar-refractivity contribution in [2.45, 2.75) is 32.4 Å². The molecule has 1 amide bonds. The molecule has 0 saturated heterocycles. The summed E-state index contributed by atoms with van der Waals surface area (Å²) in [6.07, 6.45) is -0.695. The molecule has 0 aliphatic heterocycles. The number of nitrogens with zero attached hydrogens (tertiary/aromatic N) is 1. The Morgan fingerprint density at radius 1 is 1.40 bits per heavy atom. The van der Waals surface area contributed by atoms with Crippen LogP contribution in [0.3, 0.4) is 0 Å². The lowest BCUT2D eigenvalue weighted by molar-refractivity contribution is -0.484. The zero-order valence-electron chi connectivity index (χ0n) is 11.6. The number of halogens is 1. The minimum atomic E-state index is -0.767. The molecule has 1 atom stereocenters. The molecule has 110 valence electrons. The molecule has 0 fully saturated rings. The minimum Gasteiger partial charge on any atom is -0.444 e. The molecule has 7 heteroatoms. The molecule has 6 nitrogen and oxygen atoms in total. The summed E-state index contributed by atoms with van der Waals surface area (Å²) in [4.78, 5) is 21.9. The van der Waals surface area contributed by atoms with Crippen molar-refractivity contribution in [3.63, 3.8) is 0 Å². The molecular weight excluding hydrogens is 284 g/mol. The van der Waals surface area contributed by atoms with Crippen molar-refractivity contribution in [2.75, 3.05) is 6.54 Å². The molecule has 1 aromatic rings. The SMILES string of the molecule is CC(C)(C)OC(=O)N[C@@H](C[N+](=O)[O-])c1ccc(Cl)cc1. The number of carbonyl (C=O) groups excluding carboxylic acids is 1. The Hall–Kier alpha value is -1.82. The molecule has 0 spiro atoms. The molecule has 1 N–H and O–H groups in total. The molecule has 0 aromatic heterocycles. The number of nitro groups is 1. The van der Waals surface area contributed by atoms with Crippen LogP contribution in [-0.4, -0.2) is 23.2 Å². The molecule has 0 unspecified atom stereocenters. The summed E-state index contributed by atoms with van der Waals surface area (Å²) < 4.78 is 5.10. The van der Waals surface area contributed by atoms with Crippen LogP contribution in [0.25, 0.3) is 0 Å². The highest BCUT2D eigenvalue weighted by Gasteiger charge is 2.23. The molecule has 1 aromatic carbocycles.